The fourth-order valence-electron chi connectivity index (χ4n) is 4.75. The van der Waals surface area contributed by atoms with Gasteiger partial charge in [-0.1, -0.05) is 49.5 Å². The molecule has 0 aliphatic heterocycles. The molecule has 2 aliphatic rings. The maximum absolute atomic E-state index is 12.6. The summed E-state index contributed by atoms with van der Waals surface area (Å²) in [7, 11) is 0. The summed E-state index contributed by atoms with van der Waals surface area (Å²) in [5, 5.41) is 0. The second-order valence-corrected chi connectivity index (χ2v) is 9.11. The first kappa shape index (κ1) is 23.5. The first-order chi connectivity index (χ1) is 14.9. The van der Waals surface area contributed by atoms with Gasteiger partial charge in [-0.05, 0) is 93.5 Å². The van der Waals surface area contributed by atoms with Crippen molar-refractivity contribution in [3.63, 3.8) is 0 Å². The molecule has 0 spiro atoms. The average molecular weight is 427 g/mol. The van der Waals surface area contributed by atoms with Crippen LogP contribution in [0.5, 0.6) is 0 Å². The highest BCUT2D eigenvalue weighted by Gasteiger charge is 2.29. The van der Waals surface area contributed by atoms with E-state index < -0.39 is 11.7 Å². The zero-order valence-corrected chi connectivity index (χ0v) is 18.5. The Hall–Kier alpha value is -2.13. The van der Waals surface area contributed by atoms with Gasteiger partial charge in [-0.3, -0.25) is 0 Å². The highest BCUT2D eigenvalue weighted by Crippen LogP contribution is 2.33. The molecular formula is C28H33F3. The molecule has 0 bridgehead atoms. The number of hydrogen-bond acceptors (Lipinski definition) is 0. The first-order valence-corrected chi connectivity index (χ1v) is 11.8. The third kappa shape index (κ3) is 7.81. The molecule has 2 fully saturated rings. The lowest BCUT2D eigenvalue weighted by atomic mass is 9.79. The van der Waals surface area contributed by atoms with E-state index in [1.165, 1.54) is 50.7 Å². The summed E-state index contributed by atoms with van der Waals surface area (Å²) >= 11 is 0. The molecule has 0 heterocycles. The van der Waals surface area contributed by atoms with Crippen molar-refractivity contribution >= 4 is 0 Å². The van der Waals surface area contributed by atoms with Gasteiger partial charge >= 0.3 is 6.18 Å². The molecule has 2 aliphatic carbocycles. The molecule has 2 saturated carbocycles. The van der Waals surface area contributed by atoms with E-state index in [9.17, 15) is 13.2 Å². The number of hydrogen-bond donors (Lipinski definition) is 0. The third-order valence-corrected chi connectivity index (χ3v) is 6.69. The number of benzene rings is 1. The molecule has 0 nitrogen and oxygen atoms in total. The minimum absolute atomic E-state index is 0.532. The molecule has 3 rings (SSSR count). The quantitative estimate of drug-likeness (QED) is 0.429. The molecule has 3 heteroatoms. The highest BCUT2D eigenvalue weighted by atomic mass is 19.4. The van der Waals surface area contributed by atoms with E-state index in [1.807, 2.05) is 6.08 Å². The van der Waals surface area contributed by atoms with Gasteiger partial charge in [0.05, 0.1) is 5.56 Å². The van der Waals surface area contributed by atoms with Gasteiger partial charge in [0.2, 0.25) is 0 Å². The maximum atomic E-state index is 12.6. The van der Waals surface area contributed by atoms with Crippen LogP contribution >= 0.6 is 0 Å². The van der Waals surface area contributed by atoms with Gasteiger partial charge < -0.3 is 0 Å². The van der Waals surface area contributed by atoms with Crippen molar-refractivity contribution in [2.75, 3.05) is 0 Å². The second kappa shape index (κ2) is 11.5. The molecule has 0 aromatic heterocycles. The molecule has 0 amide bonds. The average Bonchev–Trinajstić information content (AvgIpc) is 2.77. The topological polar surface area (TPSA) is 0 Å². The van der Waals surface area contributed by atoms with Crippen LogP contribution in [0.25, 0.3) is 0 Å². The molecule has 0 N–H and O–H groups in total. The summed E-state index contributed by atoms with van der Waals surface area (Å²) in [6.07, 6.45) is 12.3. The van der Waals surface area contributed by atoms with Crippen LogP contribution in [-0.2, 0) is 6.18 Å². The van der Waals surface area contributed by atoms with E-state index in [0.29, 0.717) is 23.3 Å². The van der Waals surface area contributed by atoms with Crippen LogP contribution < -0.4 is 0 Å². The summed E-state index contributed by atoms with van der Waals surface area (Å²) < 4.78 is 37.8. The summed E-state index contributed by atoms with van der Waals surface area (Å²) in [6.45, 7) is 2.28. The van der Waals surface area contributed by atoms with Crippen molar-refractivity contribution < 1.29 is 13.2 Å². The molecule has 0 unspecified atom stereocenters. The molecule has 0 radical (unpaired) electrons. The SMILES string of the molecule is CCCC1CCC(C#CC2CCC(C=CC#Cc3ccc(C(F)(F)F)cc3)CC2)CC1. The summed E-state index contributed by atoms with van der Waals surface area (Å²) in [5.41, 5.74) is -0.0435. The van der Waals surface area contributed by atoms with E-state index in [0.717, 1.165) is 43.7 Å². The number of alkyl halides is 3. The Morgan fingerprint density at radius 2 is 1.45 bits per heavy atom. The van der Waals surface area contributed by atoms with Crippen LogP contribution in [0.3, 0.4) is 0 Å². The maximum Gasteiger partial charge on any atom is 0.416 e. The highest BCUT2D eigenvalue weighted by molar-refractivity contribution is 5.39. The lowest BCUT2D eigenvalue weighted by Gasteiger charge is -2.26. The minimum Gasteiger partial charge on any atom is -0.166 e. The summed E-state index contributed by atoms with van der Waals surface area (Å²) in [4.78, 5) is 0. The van der Waals surface area contributed by atoms with Gasteiger partial charge in [0, 0.05) is 17.4 Å². The second-order valence-electron chi connectivity index (χ2n) is 9.11. The normalized spacial score (nSPS) is 26.6. The molecule has 0 saturated heterocycles. The Bertz CT molecular complexity index is 823. The summed E-state index contributed by atoms with van der Waals surface area (Å²) in [5.74, 6) is 15.7. The number of rotatable bonds is 3. The Morgan fingerprint density at radius 1 is 0.871 bits per heavy atom. The zero-order valence-electron chi connectivity index (χ0n) is 18.5. The van der Waals surface area contributed by atoms with Gasteiger partial charge in [0.25, 0.3) is 0 Å². The van der Waals surface area contributed by atoms with Gasteiger partial charge in [-0.15, -0.1) is 0 Å². The molecule has 1 aromatic carbocycles. The van der Waals surface area contributed by atoms with Crippen molar-refractivity contribution in [3.8, 4) is 23.7 Å². The van der Waals surface area contributed by atoms with Crippen LogP contribution in [0.15, 0.2) is 36.4 Å². The minimum atomic E-state index is -4.30. The molecular weight excluding hydrogens is 393 g/mol. The van der Waals surface area contributed by atoms with Crippen LogP contribution in [0.4, 0.5) is 13.2 Å². The fraction of sp³-hybridized carbons (Fsp3) is 0.571. The van der Waals surface area contributed by atoms with Crippen molar-refractivity contribution in [2.24, 2.45) is 23.7 Å². The Labute approximate surface area is 185 Å². The van der Waals surface area contributed by atoms with Crippen LogP contribution in [-0.4, -0.2) is 0 Å². The van der Waals surface area contributed by atoms with E-state index >= 15 is 0 Å². The monoisotopic (exact) mass is 426 g/mol. The smallest absolute Gasteiger partial charge is 0.166 e. The Morgan fingerprint density at radius 3 is 2.00 bits per heavy atom. The standard InChI is InChI=1S/C28H33F3/c1-2-5-22-8-12-25(13-9-22)16-17-26-14-10-23(11-15-26)6-3-4-7-24-18-20-27(21-19-24)28(29,30)31/h3,6,18-23,25-26H,2,5,8-15H2,1H3. The van der Waals surface area contributed by atoms with E-state index in [2.05, 4.69) is 36.7 Å². The van der Waals surface area contributed by atoms with Crippen molar-refractivity contribution in [3.05, 3.63) is 47.5 Å². The van der Waals surface area contributed by atoms with Crippen LogP contribution in [0.1, 0.15) is 82.3 Å². The molecule has 166 valence electrons. The Balaban J connectivity index is 1.39. The van der Waals surface area contributed by atoms with Crippen molar-refractivity contribution in [2.45, 2.75) is 77.3 Å². The number of allylic oxidation sites excluding steroid dienone is 2. The largest absolute Gasteiger partial charge is 0.416 e. The van der Waals surface area contributed by atoms with Gasteiger partial charge in [-0.25, -0.2) is 0 Å². The number of halogens is 3. The first-order valence-electron chi connectivity index (χ1n) is 11.8. The summed E-state index contributed by atoms with van der Waals surface area (Å²) in [6, 6.07) is 4.99. The van der Waals surface area contributed by atoms with Crippen molar-refractivity contribution in [1.82, 2.24) is 0 Å². The lowest BCUT2D eigenvalue weighted by Crippen LogP contribution is -2.14. The fourth-order valence-corrected chi connectivity index (χ4v) is 4.75. The molecule has 1 aromatic rings. The third-order valence-electron chi connectivity index (χ3n) is 6.69. The molecule has 0 atom stereocenters. The van der Waals surface area contributed by atoms with Crippen LogP contribution in [0, 0.1) is 47.4 Å². The van der Waals surface area contributed by atoms with E-state index in [4.69, 9.17) is 0 Å². The zero-order chi connectivity index (χ0) is 22.1. The Kier molecular flexibility index (Phi) is 8.71. The predicted molar refractivity (Wildman–Crippen MR) is 121 cm³/mol. The van der Waals surface area contributed by atoms with Gasteiger partial charge in [-0.2, -0.15) is 13.2 Å². The van der Waals surface area contributed by atoms with Crippen molar-refractivity contribution in [1.29, 1.82) is 0 Å². The van der Waals surface area contributed by atoms with E-state index in [-0.39, 0.29) is 0 Å². The van der Waals surface area contributed by atoms with Gasteiger partial charge in [0.15, 0.2) is 0 Å². The van der Waals surface area contributed by atoms with Gasteiger partial charge in [0.1, 0.15) is 0 Å². The van der Waals surface area contributed by atoms with E-state index in [1.54, 1.807) is 0 Å². The molecule has 31 heavy (non-hydrogen) atoms. The predicted octanol–water partition coefficient (Wildman–Crippen LogP) is 8.03. The lowest BCUT2D eigenvalue weighted by molar-refractivity contribution is -0.137. The van der Waals surface area contributed by atoms with Crippen LogP contribution in [0.2, 0.25) is 0 Å².